The number of likely N-dealkylation sites (tertiary alicyclic amines) is 1. The van der Waals surface area contributed by atoms with Gasteiger partial charge in [-0.15, -0.1) is 0 Å². The number of nitrogens with zero attached hydrogens (tertiary/aromatic N) is 2. The summed E-state index contributed by atoms with van der Waals surface area (Å²) in [6.07, 6.45) is 0.473. The van der Waals surface area contributed by atoms with Crippen molar-refractivity contribution in [3.05, 3.63) is 33.7 Å². The van der Waals surface area contributed by atoms with Crippen molar-refractivity contribution >= 4 is 11.8 Å². The van der Waals surface area contributed by atoms with Crippen molar-refractivity contribution in [1.82, 2.24) is 14.8 Å². The van der Waals surface area contributed by atoms with Gasteiger partial charge in [0.15, 0.2) is 0 Å². The van der Waals surface area contributed by atoms with Crippen LogP contribution in [0.15, 0.2) is 16.9 Å². The number of fused-ring (bicyclic) bond motifs is 1. The van der Waals surface area contributed by atoms with Crippen LogP contribution in [0.1, 0.15) is 22.5 Å². The van der Waals surface area contributed by atoms with Gasteiger partial charge in [-0.1, -0.05) is 0 Å². The smallest absolute Gasteiger partial charge is 0.263 e. The number of amides is 2. The zero-order valence-corrected chi connectivity index (χ0v) is 11.5. The van der Waals surface area contributed by atoms with Crippen LogP contribution >= 0.6 is 0 Å². The molecule has 1 N–H and O–H groups in total. The number of carbonyl (C=O) groups excluding carboxylic acids is 2. The number of pyridine rings is 1. The molecule has 0 aromatic carbocycles. The van der Waals surface area contributed by atoms with Gasteiger partial charge in [-0.25, -0.2) is 0 Å². The molecule has 6 nitrogen and oxygen atoms in total. The highest BCUT2D eigenvalue weighted by Gasteiger charge is 2.42. The summed E-state index contributed by atoms with van der Waals surface area (Å²) in [5.41, 5.74) is 0.748. The first-order valence-corrected chi connectivity index (χ1v) is 6.72. The van der Waals surface area contributed by atoms with E-state index in [-0.39, 0.29) is 34.9 Å². The summed E-state index contributed by atoms with van der Waals surface area (Å²) >= 11 is 0. The molecule has 1 aromatic heterocycles. The SMILES string of the molecule is Cc1ccc(C(=O)N2C[C@@H]3CC(=O)N[C@@H]3C2)c(=O)n1C. The lowest BCUT2D eigenvalue weighted by Crippen LogP contribution is -2.38. The summed E-state index contributed by atoms with van der Waals surface area (Å²) < 4.78 is 1.48. The Morgan fingerprint density at radius 2 is 2.05 bits per heavy atom. The fraction of sp³-hybridized carbons (Fsp3) is 0.500. The maximum atomic E-state index is 12.4. The van der Waals surface area contributed by atoms with Crippen molar-refractivity contribution in [2.75, 3.05) is 13.1 Å². The van der Waals surface area contributed by atoms with E-state index in [4.69, 9.17) is 0 Å². The summed E-state index contributed by atoms with van der Waals surface area (Å²) in [5.74, 6) is -0.00616. The Bertz CT molecular complexity index is 634. The highest BCUT2D eigenvalue weighted by Crippen LogP contribution is 2.26. The number of hydrogen-bond acceptors (Lipinski definition) is 3. The van der Waals surface area contributed by atoms with Gasteiger partial charge < -0.3 is 14.8 Å². The third-order valence-electron chi connectivity index (χ3n) is 4.31. The van der Waals surface area contributed by atoms with E-state index in [0.717, 1.165) is 5.69 Å². The summed E-state index contributed by atoms with van der Waals surface area (Å²) in [5, 5.41) is 2.87. The lowest BCUT2D eigenvalue weighted by atomic mass is 10.1. The number of rotatable bonds is 1. The Hall–Kier alpha value is -2.11. The molecule has 106 valence electrons. The van der Waals surface area contributed by atoms with Crippen LogP contribution in [0.4, 0.5) is 0 Å². The predicted octanol–water partition coefficient (Wildman–Crippen LogP) is -0.346. The largest absolute Gasteiger partial charge is 0.351 e. The van der Waals surface area contributed by atoms with Gasteiger partial charge in [0.1, 0.15) is 5.56 Å². The molecule has 0 spiro atoms. The second-order valence-corrected chi connectivity index (χ2v) is 5.60. The van der Waals surface area contributed by atoms with Crippen molar-refractivity contribution in [2.45, 2.75) is 19.4 Å². The van der Waals surface area contributed by atoms with Crippen LogP contribution < -0.4 is 10.9 Å². The molecule has 6 heteroatoms. The average molecular weight is 275 g/mol. The maximum Gasteiger partial charge on any atom is 0.263 e. The molecule has 0 radical (unpaired) electrons. The number of aryl methyl sites for hydroxylation is 1. The van der Waals surface area contributed by atoms with Gasteiger partial charge in [0.05, 0.1) is 6.04 Å². The Morgan fingerprint density at radius 1 is 1.30 bits per heavy atom. The Kier molecular flexibility index (Phi) is 2.88. The molecule has 3 heterocycles. The molecular formula is C14H17N3O3. The van der Waals surface area contributed by atoms with Crippen LogP contribution in [0, 0.1) is 12.8 Å². The van der Waals surface area contributed by atoms with Crippen LogP contribution in [-0.2, 0) is 11.8 Å². The normalized spacial score (nSPS) is 24.7. The summed E-state index contributed by atoms with van der Waals surface area (Å²) in [7, 11) is 1.66. The molecule has 2 aliphatic rings. The van der Waals surface area contributed by atoms with Gasteiger partial charge in [-0.3, -0.25) is 14.4 Å². The van der Waals surface area contributed by atoms with Gasteiger partial charge >= 0.3 is 0 Å². The lowest BCUT2D eigenvalue weighted by molar-refractivity contribution is -0.119. The van der Waals surface area contributed by atoms with Crippen molar-refractivity contribution in [3.63, 3.8) is 0 Å². The zero-order chi connectivity index (χ0) is 14.4. The van der Waals surface area contributed by atoms with E-state index < -0.39 is 0 Å². The van der Waals surface area contributed by atoms with Crippen LogP contribution in [0.2, 0.25) is 0 Å². The molecular weight excluding hydrogens is 258 g/mol. The Balaban J connectivity index is 1.83. The monoisotopic (exact) mass is 275 g/mol. The third-order valence-corrected chi connectivity index (χ3v) is 4.31. The topological polar surface area (TPSA) is 71.4 Å². The van der Waals surface area contributed by atoms with Crippen molar-refractivity contribution in [1.29, 1.82) is 0 Å². The van der Waals surface area contributed by atoms with Gasteiger partial charge in [0, 0.05) is 38.2 Å². The standard InChI is InChI=1S/C14H17N3O3/c1-8-3-4-10(13(19)16(8)2)14(20)17-6-9-5-12(18)15-11(9)7-17/h3-4,9,11H,5-7H2,1-2H3,(H,15,18)/t9-,11+/m0/s1. The molecule has 20 heavy (non-hydrogen) atoms. The first kappa shape index (κ1) is 12.9. The number of aromatic nitrogens is 1. The minimum atomic E-state index is -0.268. The lowest BCUT2D eigenvalue weighted by Gasteiger charge is -2.17. The molecule has 2 atom stereocenters. The minimum Gasteiger partial charge on any atom is -0.351 e. The van der Waals surface area contributed by atoms with E-state index in [2.05, 4.69) is 5.32 Å². The molecule has 0 unspecified atom stereocenters. The average Bonchev–Trinajstić information content (AvgIpc) is 2.92. The van der Waals surface area contributed by atoms with Crippen molar-refractivity contribution in [3.8, 4) is 0 Å². The summed E-state index contributed by atoms with van der Waals surface area (Å²) in [6, 6.07) is 3.40. The minimum absolute atomic E-state index is 0.0424. The highest BCUT2D eigenvalue weighted by molar-refractivity contribution is 5.94. The number of carbonyl (C=O) groups is 2. The van der Waals surface area contributed by atoms with Gasteiger partial charge in [0.25, 0.3) is 11.5 Å². The van der Waals surface area contributed by atoms with Crippen molar-refractivity contribution in [2.24, 2.45) is 13.0 Å². The fourth-order valence-corrected chi connectivity index (χ4v) is 2.97. The number of nitrogens with one attached hydrogen (secondary N) is 1. The van der Waals surface area contributed by atoms with Crippen LogP contribution in [0.3, 0.4) is 0 Å². The predicted molar refractivity (Wildman–Crippen MR) is 72.4 cm³/mol. The molecule has 2 fully saturated rings. The quantitative estimate of drug-likeness (QED) is 0.762. The van der Waals surface area contributed by atoms with E-state index in [0.29, 0.717) is 19.5 Å². The number of hydrogen-bond donors (Lipinski definition) is 1. The summed E-state index contributed by atoms with van der Waals surface area (Å²) in [4.78, 5) is 37.5. The fourth-order valence-electron chi connectivity index (χ4n) is 2.97. The van der Waals surface area contributed by atoms with E-state index in [1.54, 1.807) is 24.1 Å². The zero-order valence-electron chi connectivity index (χ0n) is 11.5. The van der Waals surface area contributed by atoms with Gasteiger partial charge in [0.2, 0.25) is 5.91 Å². The molecule has 2 amide bonds. The van der Waals surface area contributed by atoms with Gasteiger partial charge in [-0.2, -0.15) is 0 Å². The first-order chi connectivity index (χ1) is 9.47. The van der Waals surface area contributed by atoms with Crippen LogP contribution in [0.5, 0.6) is 0 Å². The van der Waals surface area contributed by atoms with Crippen molar-refractivity contribution < 1.29 is 9.59 Å². The first-order valence-electron chi connectivity index (χ1n) is 6.72. The van der Waals surface area contributed by atoms with Gasteiger partial charge in [-0.05, 0) is 19.1 Å². The third kappa shape index (κ3) is 1.92. The highest BCUT2D eigenvalue weighted by atomic mass is 16.2. The molecule has 0 saturated carbocycles. The van der Waals surface area contributed by atoms with Crippen LogP contribution in [-0.4, -0.2) is 40.4 Å². The Labute approximate surface area is 116 Å². The maximum absolute atomic E-state index is 12.4. The molecule has 1 aromatic rings. The van der Waals surface area contributed by atoms with E-state index in [9.17, 15) is 14.4 Å². The second-order valence-electron chi connectivity index (χ2n) is 5.60. The Morgan fingerprint density at radius 3 is 2.75 bits per heavy atom. The van der Waals surface area contributed by atoms with Crippen LogP contribution in [0.25, 0.3) is 0 Å². The molecule has 3 rings (SSSR count). The summed E-state index contributed by atoms with van der Waals surface area (Å²) in [6.45, 7) is 2.86. The molecule has 0 bridgehead atoms. The molecule has 0 aliphatic carbocycles. The van der Waals surface area contributed by atoms with E-state index in [1.807, 2.05) is 6.92 Å². The van der Waals surface area contributed by atoms with E-state index >= 15 is 0 Å². The van der Waals surface area contributed by atoms with E-state index in [1.165, 1.54) is 4.57 Å². The second kappa shape index (κ2) is 4.47. The molecule has 2 aliphatic heterocycles. The molecule has 2 saturated heterocycles.